The van der Waals surface area contributed by atoms with E-state index in [4.69, 9.17) is 21.3 Å². The first-order valence-corrected chi connectivity index (χ1v) is 22.2. The van der Waals surface area contributed by atoms with E-state index in [1.165, 1.54) is 11.0 Å². The number of benzene rings is 3. The second kappa shape index (κ2) is 19.3. The van der Waals surface area contributed by atoms with Crippen molar-refractivity contribution in [2.75, 3.05) is 57.4 Å². The highest BCUT2D eigenvalue weighted by atomic mass is 16.5. The monoisotopic (exact) mass is 869 g/mol. The van der Waals surface area contributed by atoms with Gasteiger partial charge >= 0.3 is 0 Å². The van der Waals surface area contributed by atoms with Crippen LogP contribution >= 0.6 is 0 Å². The first-order valence-electron chi connectivity index (χ1n) is 22.2. The molecule has 0 aliphatic carbocycles. The Balaban J connectivity index is 0.756. The van der Waals surface area contributed by atoms with E-state index in [9.17, 15) is 28.8 Å². The Morgan fingerprint density at radius 1 is 0.875 bits per heavy atom. The summed E-state index contributed by atoms with van der Waals surface area (Å²) >= 11 is 0. The van der Waals surface area contributed by atoms with Gasteiger partial charge in [0.1, 0.15) is 34.6 Å². The number of hydrogen-bond acceptors (Lipinski definition) is 11. The number of carbonyl (C=O) groups excluding carboxylic acids is 6. The van der Waals surface area contributed by atoms with Gasteiger partial charge in [-0.2, -0.15) is 5.10 Å². The first kappa shape index (κ1) is 43.8. The van der Waals surface area contributed by atoms with Crippen LogP contribution in [0.2, 0.25) is 0 Å². The molecule has 16 nitrogen and oxygen atoms in total. The van der Waals surface area contributed by atoms with Gasteiger partial charge in [0.2, 0.25) is 11.8 Å². The van der Waals surface area contributed by atoms with Crippen LogP contribution in [-0.2, 0) is 14.4 Å². The van der Waals surface area contributed by atoms with Crippen molar-refractivity contribution in [2.45, 2.75) is 69.9 Å². The van der Waals surface area contributed by atoms with Crippen molar-refractivity contribution in [1.82, 2.24) is 29.4 Å². The fourth-order valence-corrected chi connectivity index (χ4v) is 9.43. The minimum absolute atomic E-state index is 0.00823. The summed E-state index contributed by atoms with van der Waals surface area (Å²) in [6, 6.07) is 20.7. The number of primary amides is 1. The molecule has 0 radical (unpaired) electrons. The molecule has 2 fully saturated rings. The predicted molar refractivity (Wildman–Crippen MR) is 240 cm³/mol. The molecule has 0 spiro atoms. The third-order valence-corrected chi connectivity index (χ3v) is 12.8. The lowest BCUT2D eigenvalue weighted by Crippen LogP contribution is -2.56. The van der Waals surface area contributed by atoms with Gasteiger partial charge in [0.15, 0.2) is 0 Å². The highest BCUT2D eigenvalue weighted by molar-refractivity contribution is 6.25. The highest BCUT2D eigenvalue weighted by Gasteiger charge is 2.47. The summed E-state index contributed by atoms with van der Waals surface area (Å²) in [5.74, 6) is -0.195. The second-order valence-corrected chi connectivity index (χ2v) is 17.0. The Kier molecular flexibility index (Phi) is 13.2. The maximum absolute atomic E-state index is 13.4. The van der Waals surface area contributed by atoms with Crippen LogP contribution in [0, 0.1) is 5.92 Å². The Labute approximate surface area is 372 Å². The summed E-state index contributed by atoms with van der Waals surface area (Å²) in [5.41, 5.74) is 14.1. The van der Waals surface area contributed by atoms with Crippen LogP contribution in [0.1, 0.15) is 94.9 Å². The fourth-order valence-electron chi connectivity index (χ4n) is 9.43. The third kappa shape index (κ3) is 9.14. The Hall–Kier alpha value is -6.81. The average Bonchev–Trinajstić information content (AvgIpc) is 3.81. The molecule has 8 rings (SSSR count). The van der Waals surface area contributed by atoms with Gasteiger partial charge in [0.25, 0.3) is 23.6 Å². The van der Waals surface area contributed by atoms with Gasteiger partial charge in [-0.15, -0.1) is 0 Å². The summed E-state index contributed by atoms with van der Waals surface area (Å²) in [4.78, 5) is 84.6. The minimum atomic E-state index is -1.03. The largest absolute Gasteiger partial charge is 0.457 e. The molecule has 1 aromatic heterocycles. The number of unbranched alkanes of at least 4 members (excludes halogenated alkanes) is 3. The molecular weight excluding hydrogens is 815 g/mol. The molecule has 16 heteroatoms. The number of hydrogen-bond donors (Lipinski definition) is 3. The van der Waals surface area contributed by atoms with E-state index in [-0.39, 0.29) is 60.0 Å². The van der Waals surface area contributed by atoms with Crippen molar-refractivity contribution in [3.05, 3.63) is 102 Å². The van der Waals surface area contributed by atoms with E-state index < -0.39 is 29.7 Å². The van der Waals surface area contributed by atoms with Gasteiger partial charge in [0.05, 0.1) is 17.2 Å². The number of rotatable bonds is 16. The molecule has 4 aliphatic rings. The molecule has 334 valence electrons. The standard InChI is InChI=1S/C48H55N9O7/c1-53(26-7-2-3-8-28-55-40(59)21-20-38(47(55)62)56-46(61)35-13-9-14-36(49)41(35)48(56)63)27-10-15-39(58)54-29-23-31(24-30-54)37-22-25-51-45-42(44(50)60)43(52-57(37)45)32-16-18-34(19-17-32)64-33-11-5-4-6-12-33/h4-6,9-19,31,37-38,51H,2-3,7-8,20-30,49H2,1H3,(H2,50,60)/b15-10+/t37-,38?/m0/s1. The number of likely N-dealkylation sites (tertiary alicyclic amines) is 2. The van der Waals surface area contributed by atoms with Crippen molar-refractivity contribution < 1.29 is 33.5 Å². The molecule has 2 atom stereocenters. The number of carbonyl (C=O) groups is 6. The van der Waals surface area contributed by atoms with Crippen LogP contribution in [0.5, 0.6) is 11.5 Å². The second-order valence-electron chi connectivity index (χ2n) is 17.0. The zero-order valence-electron chi connectivity index (χ0n) is 36.1. The van der Waals surface area contributed by atoms with Crippen molar-refractivity contribution in [1.29, 1.82) is 0 Å². The quantitative estimate of drug-likeness (QED) is 0.0556. The highest BCUT2D eigenvalue weighted by Crippen LogP contribution is 2.40. The number of nitrogens with two attached hydrogens (primary N) is 2. The number of aromatic nitrogens is 2. The molecule has 64 heavy (non-hydrogen) atoms. The maximum atomic E-state index is 13.4. The normalized spacial score (nSPS) is 19.1. The Morgan fingerprint density at radius 3 is 2.34 bits per heavy atom. The van der Waals surface area contributed by atoms with Crippen LogP contribution in [0.3, 0.4) is 0 Å². The number of piperidine rings is 2. The number of nitrogen functional groups attached to an aromatic ring is 1. The molecule has 2 saturated heterocycles. The molecule has 4 aromatic rings. The fraction of sp³-hybridized carbons (Fsp3) is 0.396. The number of ether oxygens (including phenoxy) is 1. The summed E-state index contributed by atoms with van der Waals surface area (Å²) in [5, 5.41) is 8.36. The summed E-state index contributed by atoms with van der Waals surface area (Å²) in [6.45, 7) is 3.63. The molecule has 0 saturated carbocycles. The van der Waals surface area contributed by atoms with Gasteiger partial charge < -0.3 is 31.3 Å². The van der Waals surface area contributed by atoms with E-state index in [0.717, 1.165) is 61.3 Å². The number of amides is 6. The lowest BCUT2D eigenvalue weighted by molar-refractivity contribution is -0.151. The molecule has 1 unspecified atom stereocenters. The van der Waals surface area contributed by atoms with Crippen LogP contribution in [0.25, 0.3) is 11.3 Å². The molecule has 3 aromatic carbocycles. The molecule has 5 heterocycles. The van der Waals surface area contributed by atoms with Crippen LogP contribution in [0.15, 0.2) is 84.9 Å². The smallest absolute Gasteiger partial charge is 0.264 e. The minimum Gasteiger partial charge on any atom is -0.457 e. The lowest BCUT2D eigenvalue weighted by Gasteiger charge is -2.38. The number of fused-ring (bicyclic) bond motifs is 2. The van der Waals surface area contributed by atoms with Gasteiger partial charge in [-0.25, -0.2) is 4.68 Å². The van der Waals surface area contributed by atoms with Gasteiger partial charge in [-0.1, -0.05) is 43.2 Å². The Bertz CT molecular complexity index is 2440. The summed E-state index contributed by atoms with van der Waals surface area (Å²) < 4.78 is 7.90. The van der Waals surface area contributed by atoms with E-state index in [2.05, 4.69) is 10.2 Å². The molecular formula is C48H55N9O7. The number of nitrogens with zero attached hydrogens (tertiary/aromatic N) is 6. The average molecular weight is 870 g/mol. The zero-order chi connectivity index (χ0) is 44.9. The van der Waals surface area contributed by atoms with Crippen molar-refractivity contribution in [2.24, 2.45) is 11.7 Å². The van der Waals surface area contributed by atoms with Crippen molar-refractivity contribution >= 4 is 46.9 Å². The topological polar surface area (TPSA) is 207 Å². The van der Waals surface area contributed by atoms with Gasteiger partial charge in [-0.3, -0.25) is 38.6 Å². The predicted octanol–water partition coefficient (Wildman–Crippen LogP) is 5.48. The first-order chi connectivity index (χ1) is 31.0. The number of imide groups is 2. The maximum Gasteiger partial charge on any atom is 0.264 e. The van der Waals surface area contributed by atoms with E-state index in [0.29, 0.717) is 55.4 Å². The third-order valence-electron chi connectivity index (χ3n) is 12.8. The number of anilines is 2. The van der Waals surface area contributed by atoms with Crippen molar-refractivity contribution in [3.63, 3.8) is 0 Å². The number of para-hydroxylation sites is 1. The van der Waals surface area contributed by atoms with Gasteiger partial charge in [-0.05, 0) is 107 Å². The van der Waals surface area contributed by atoms with E-state index in [1.54, 1.807) is 18.2 Å². The van der Waals surface area contributed by atoms with E-state index >= 15 is 0 Å². The van der Waals surface area contributed by atoms with Crippen LogP contribution < -0.4 is 21.5 Å². The lowest BCUT2D eigenvalue weighted by atomic mass is 9.87. The zero-order valence-corrected chi connectivity index (χ0v) is 36.1. The molecule has 6 amide bonds. The molecule has 5 N–H and O–H groups in total. The number of likely N-dealkylation sites (N-methyl/N-ethyl adjacent to an activating group) is 1. The van der Waals surface area contributed by atoms with E-state index in [1.807, 2.05) is 77.3 Å². The SMILES string of the molecule is CN(C/C=C/C(=O)N1CCC([C@@H]2CCNc3c(C(N)=O)c(-c4ccc(Oc5ccccc5)cc4)nn32)CC1)CCCCCCN1C(=O)CCC(N2C(=O)c3cccc(N)c3C2=O)C1=O. The Morgan fingerprint density at radius 2 is 1.61 bits per heavy atom. The van der Waals surface area contributed by atoms with Crippen molar-refractivity contribution in [3.8, 4) is 22.8 Å². The van der Waals surface area contributed by atoms with Gasteiger partial charge in [0, 0.05) is 56.5 Å². The summed E-state index contributed by atoms with van der Waals surface area (Å²) in [7, 11) is 2.01. The summed E-state index contributed by atoms with van der Waals surface area (Å²) in [6.07, 6.45) is 9.43. The molecule has 4 aliphatic heterocycles. The van der Waals surface area contributed by atoms with Crippen LogP contribution in [-0.4, -0.2) is 117 Å². The van der Waals surface area contributed by atoms with Crippen LogP contribution in [0.4, 0.5) is 11.5 Å². The molecule has 0 bridgehead atoms. The number of nitrogens with one attached hydrogen (secondary N) is 1.